The zero-order valence-electron chi connectivity index (χ0n) is 11.1. The minimum absolute atomic E-state index is 0.393. The standard InChI is InChI=1S/C14H14N2O4/c1-18-14(17)19-10-6-9(7-2-3-7)15-13-11(10)12(16-20-13)8-4-5-8/h6-8H,2-5H2,1H3. The van der Waals surface area contributed by atoms with E-state index in [0.29, 0.717) is 28.7 Å². The van der Waals surface area contributed by atoms with Crippen LogP contribution in [-0.2, 0) is 4.74 Å². The van der Waals surface area contributed by atoms with Gasteiger partial charge in [0.2, 0.25) is 0 Å². The van der Waals surface area contributed by atoms with Gasteiger partial charge in [0.05, 0.1) is 12.8 Å². The third-order valence-electron chi connectivity index (χ3n) is 3.78. The highest BCUT2D eigenvalue weighted by atomic mass is 16.7. The Hall–Kier alpha value is -2.11. The highest BCUT2D eigenvalue weighted by molar-refractivity contribution is 5.86. The van der Waals surface area contributed by atoms with Gasteiger partial charge in [0.25, 0.3) is 5.71 Å². The zero-order valence-corrected chi connectivity index (χ0v) is 11.1. The number of fused-ring (bicyclic) bond motifs is 1. The molecule has 2 aliphatic carbocycles. The molecular weight excluding hydrogens is 260 g/mol. The Kier molecular flexibility index (Phi) is 2.45. The van der Waals surface area contributed by atoms with Gasteiger partial charge < -0.3 is 14.0 Å². The molecule has 2 aliphatic rings. The molecule has 6 heteroatoms. The number of carbonyl (C=O) groups excluding carboxylic acids is 1. The minimum atomic E-state index is -0.734. The van der Waals surface area contributed by atoms with Gasteiger partial charge in [-0.2, -0.15) is 0 Å². The highest BCUT2D eigenvalue weighted by Crippen LogP contribution is 2.47. The van der Waals surface area contributed by atoms with E-state index in [2.05, 4.69) is 14.9 Å². The van der Waals surface area contributed by atoms with Crippen LogP contribution in [0.2, 0.25) is 0 Å². The molecule has 2 aromatic rings. The second kappa shape index (κ2) is 4.19. The van der Waals surface area contributed by atoms with E-state index in [1.165, 1.54) is 7.11 Å². The Morgan fingerprint density at radius 1 is 1.30 bits per heavy atom. The average molecular weight is 274 g/mol. The molecule has 0 N–H and O–H groups in total. The van der Waals surface area contributed by atoms with E-state index < -0.39 is 6.16 Å². The predicted octanol–water partition coefficient (Wildman–Crippen LogP) is 3.12. The van der Waals surface area contributed by atoms with Crippen molar-refractivity contribution in [3.8, 4) is 5.75 Å². The van der Waals surface area contributed by atoms with Crippen molar-refractivity contribution in [1.82, 2.24) is 10.1 Å². The summed E-state index contributed by atoms with van der Waals surface area (Å²) in [6.45, 7) is 0. The van der Waals surface area contributed by atoms with Crippen LogP contribution >= 0.6 is 0 Å². The van der Waals surface area contributed by atoms with E-state index in [0.717, 1.165) is 37.1 Å². The fourth-order valence-corrected chi connectivity index (χ4v) is 2.39. The predicted molar refractivity (Wildman–Crippen MR) is 68.8 cm³/mol. The smallest absolute Gasteiger partial charge is 0.437 e. The van der Waals surface area contributed by atoms with Crippen LogP contribution in [0.3, 0.4) is 0 Å². The van der Waals surface area contributed by atoms with Crippen molar-refractivity contribution in [2.24, 2.45) is 0 Å². The average Bonchev–Trinajstić information content (AvgIpc) is 3.35. The SMILES string of the molecule is COC(=O)Oc1cc(C2CC2)nc2onc(C3CC3)c12. The van der Waals surface area contributed by atoms with Crippen molar-refractivity contribution < 1.29 is 18.8 Å². The molecule has 2 saturated carbocycles. The second-order valence-corrected chi connectivity index (χ2v) is 5.40. The molecule has 2 heterocycles. The third-order valence-corrected chi connectivity index (χ3v) is 3.78. The van der Waals surface area contributed by atoms with E-state index in [1.54, 1.807) is 0 Å². The Labute approximate surface area is 115 Å². The lowest BCUT2D eigenvalue weighted by molar-refractivity contribution is 0.122. The molecule has 104 valence electrons. The van der Waals surface area contributed by atoms with Crippen molar-refractivity contribution >= 4 is 17.3 Å². The number of hydrogen-bond donors (Lipinski definition) is 0. The molecule has 0 saturated heterocycles. The molecule has 0 bridgehead atoms. The van der Waals surface area contributed by atoms with Crippen LogP contribution in [0.1, 0.15) is 48.9 Å². The van der Waals surface area contributed by atoms with Crippen molar-refractivity contribution in [3.05, 3.63) is 17.5 Å². The van der Waals surface area contributed by atoms with Gasteiger partial charge in [0.15, 0.2) is 5.75 Å². The summed E-state index contributed by atoms with van der Waals surface area (Å²) >= 11 is 0. The van der Waals surface area contributed by atoms with E-state index >= 15 is 0 Å². The number of nitrogens with zero attached hydrogens (tertiary/aromatic N) is 2. The summed E-state index contributed by atoms with van der Waals surface area (Å²) in [6, 6.07) is 1.82. The first-order valence-electron chi connectivity index (χ1n) is 6.82. The monoisotopic (exact) mass is 274 g/mol. The van der Waals surface area contributed by atoms with Crippen LogP contribution in [0.5, 0.6) is 5.75 Å². The molecule has 20 heavy (non-hydrogen) atoms. The van der Waals surface area contributed by atoms with Gasteiger partial charge in [-0.1, -0.05) is 5.16 Å². The van der Waals surface area contributed by atoms with Crippen LogP contribution in [0.25, 0.3) is 11.1 Å². The summed E-state index contributed by atoms with van der Waals surface area (Å²) in [5.74, 6) is 1.28. The first-order valence-corrected chi connectivity index (χ1v) is 6.82. The molecule has 0 atom stereocenters. The number of carbonyl (C=O) groups is 1. The maximum atomic E-state index is 11.4. The molecule has 6 nitrogen and oxygen atoms in total. The number of methoxy groups -OCH3 is 1. The fourth-order valence-electron chi connectivity index (χ4n) is 2.39. The van der Waals surface area contributed by atoms with Gasteiger partial charge in [-0.05, 0) is 25.7 Å². The quantitative estimate of drug-likeness (QED) is 0.800. The molecular formula is C14H14N2O4. The summed E-state index contributed by atoms with van der Waals surface area (Å²) in [6.07, 6.45) is 3.66. The first kappa shape index (κ1) is 11.7. The Bertz CT molecular complexity index is 686. The van der Waals surface area contributed by atoms with Crippen molar-refractivity contribution in [1.29, 1.82) is 0 Å². The number of hydrogen-bond acceptors (Lipinski definition) is 6. The highest BCUT2D eigenvalue weighted by Gasteiger charge is 2.33. The van der Waals surface area contributed by atoms with Crippen molar-refractivity contribution in [3.63, 3.8) is 0 Å². The first-order chi connectivity index (χ1) is 9.76. The maximum Gasteiger partial charge on any atom is 0.513 e. The third kappa shape index (κ3) is 1.92. The molecule has 0 unspecified atom stereocenters. The van der Waals surface area contributed by atoms with Gasteiger partial charge in [-0.25, -0.2) is 9.78 Å². The lowest BCUT2D eigenvalue weighted by atomic mass is 10.1. The molecule has 4 rings (SSSR count). The summed E-state index contributed by atoms with van der Waals surface area (Å²) in [5, 5.41) is 4.81. The molecule has 2 fully saturated rings. The van der Waals surface area contributed by atoms with E-state index in [4.69, 9.17) is 9.26 Å². The maximum absolute atomic E-state index is 11.4. The van der Waals surface area contributed by atoms with Gasteiger partial charge >= 0.3 is 6.16 Å². The van der Waals surface area contributed by atoms with Gasteiger partial charge in [0, 0.05) is 17.9 Å². The zero-order chi connectivity index (χ0) is 13.7. The lowest BCUT2D eigenvalue weighted by Gasteiger charge is -2.06. The van der Waals surface area contributed by atoms with E-state index in [-0.39, 0.29) is 0 Å². The van der Waals surface area contributed by atoms with Crippen LogP contribution in [-0.4, -0.2) is 23.4 Å². The molecule has 0 aromatic carbocycles. The normalized spacial score (nSPS) is 18.2. The lowest BCUT2D eigenvalue weighted by Crippen LogP contribution is -2.08. The number of ether oxygens (including phenoxy) is 2. The van der Waals surface area contributed by atoms with Crippen LogP contribution in [0, 0.1) is 0 Å². The van der Waals surface area contributed by atoms with E-state index in [1.807, 2.05) is 6.07 Å². The minimum Gasteiger partial charge on any atom is -0.437 e. The molecule has 2 aromatic heterocycles. The fraction of sp³-hybridized carbons (Fsp3) is 0.500. The van der Waals surface area contributed by atoms with Crippen molar-refractivity contribution in [2.75, 3.05) is 7.11 Å². The van der Waals surface area contributed by atoms with E-state index in [9.17, 15) is 4.79 Å². The van der Waals surface area contributed by atoms with Gasteiger partial charge in [0.1, 0.15) is 11.1 Å². The summed E-state index contributed by atoms with van der Waals surface area (Å²) in [4.78, 5) is 15.9. The molecule has 0 amide bonds. The largest absolute Gasteiger partial charge is 0.513 e. The van der Waals surface area contributed by atoms with Crippen LogP contribution < -0.4 is 4.74 Å². The number of rotatable bonds is 3. The molecule has 0 radical (unpaired) electrons. The summed E-state index contributed by atoms with van der Waals surface area (Å²) < 4.78 is 15.2. The Morgan fingerprint density at radius 2 is 2.05 bits per heavy atom. The number of pyridine rings is 1. The summed E-state index contributed by atoms with van der Waals surface area (Å²) in [5.41, 5.74) is 2.19. The Morgan fingerprint density at radius 3 is 2.70 bits per heavy atom. The molecule has 0 aliphatic heterocycles. The second-order valence-electron chi connectivity index (χ2n) is 5.40. The van der Waals surface area contributed by atoms with Crippen LogP contribution in [0.15, 0.2) is 10.6 Å². The topological polar surface area (TPSA) is 74.5 Å². The van der Waals surface area contributed by atoms with Gasteiger partial charge in [-0.15, -0.1) is 0 Å². The number of aromatic nitrogens is 2. The molecule has 0 spiro atoms. The summed E-state index contributed by atoms with van der Waals surface area (Å²) in [7, 11) is 1.29. The van der Waals surface area contributed by atoms with Gasteiger partial charge in [-0.3, -0.25) is 0 Å². The van der Waals surface area contributed by atoms with Crippen LogP contribution in [0.4, 0.5) is 4.79 Å². The Balaban J connectivity index is 1.85. The van der Waals surface area contributed by atoms with Crippen molar-refractivity contribution in [2.45, 2.75) is 37.5 Å².